The number of fused-ring (bicyclic) bond motifs is 1. The van der Waals surface area contributed by atoms with Crippen LogP contribution in [0.25, 0.3) is 11.0 Å². The molecular formula is C24H22ClN5O2S. The minimum Gasteiger partial charge on any atom is -0.378 e. The lowest BCUT2D eigenvalue weighted by Gasteiger charge is -2.31. The molecule has 0 saturated carbocycles. The van der Waals surface area contributed by atoms with Crippen molar-refractivity contribution >= 4 is 51.0 Å². The predicted octanol–water partition coefficient (Wildman–Crippen LogP) is 4.51. The summed E-state index contributed by atoms with van der Waals surface area (Å²) in [6.07, 6.45) is 5.13. The number of aromatic amines is 1. The van der Waals surface area contributed by atoms with Crippen LogP contribution in [0.5, 0.6) is 0 Å². The van der Waals surface area contributed by atoms with Gasteiger partial charge in [-0.05, 0) is 31.2 Å². The van der Waals surface area contributed by atoms with Crippen LogP contribution in [0, 0.1) is 11.8 Å². The fourth-order valence-corrected chi connectivity index (χ4v) is 4.60. The van der Waals surface area contributed by atoms with Crippen molar-refractivity contribution in [3.63, 3.8) is 0 Å². The van der Waals surface area contributed by atoms with Crippen LogP contribution >= 0.6 is 22.9 Å². The molecule has 4 aromatic rings. The second-order valence-electron chi connectivity index (χ2n) is 7.84. The van der Waals surface area contributed by atoms with E-state index < -0.39 is 5.60 Å². The highest BCUT2D eigenvalue weighted by molar-refractivity contribution is 7.09. The van der Waals surface area contributed by atoms with E-state index in [0.717, 1.165) is 46.7 Å². The van der Waals surface area contributed by atoms with Crippen molar-refractivity contribution < 1.29 is 9.84 Å². The largest absolute Gasteiger partial charge is 0.378 e. The van der Waals surface area contributed by atoms with E-state index in [9.17, 15) is 5.11 Å². The molecule has 1 unspecified atom stereocenters. The molecule has 0 amide bonds. The Balaban J connectivity index is 1.55. The first-order chi connectivity index (χ1) is 16.0. The van der Waals surface area contributed by atoms with Crippen molar-refractivity contribution in [1.29, 1.82) is 0 Å². The molecule has 0 spiro atoms. The number of thiazole rings is 1. The Morgan fingerprint density at radius 2 is 2.12 bits per heavy atom. The van der Waals surface area contributed by atoms with Gasteiger partial charge in [0.05, 0.1) is 41.5 Å². The quantitative estimate of drug-likeness (QED) is 0.373. The first-order valence-electron chi connectivity index (χ1n) is 10.5. The summed E-state index contributed by atoms with van der Waals surface area (Å²) in [6.45, 7) is 4.59. The number of ether oxygens (including phenoxy) is 1. The first kappa shape index (κ1) is 21.7. The zero-order chi connectivity index (χ0) is 22.8. The van der Waals surface area contributed by atoms with E-state index in [0.29, 0.717) is 23.2 Å². The van der Waals surface area contributed by atoms with Crippen molar-refractivity contribution in [3.8, 4) is 11.8 Å². The molecule has 9 heteroatoms. The highest BCUT2D eigenvalue weighted by atomic mass is 35.5. The maximum absolute atomic E-state index is 10.7. The van der Waals surface area contributed by atoms with Crippen LogP contribution in [0.1, 0.15) is 17.5 Å². The highest BCUT2D eigenvalue weighted by Crippen LogP contribution is 2.36. The number of anilines is 3. The average molecular weight is 480 g/mol. The molecule has 3 aromatic heterocycles. The molecule has 1 atom stereocenters. The topological polar surface area (TPSA) is 86.3 Å². The standard InChI is InChI=1S/C24H22ClN5O2S/c1-24(31,23-27-8-13-33-23)6-4-16-2-3-20(30-9-11-32-12-10-30)19(14-16)29-21-17-5-7-26-22(17)28-15-18(21)25/h2-3,5,7-8,13-15,31H,9-12H2,1H3,(H2,26,28,29). The summed E-state index contributed by atoms with van der Waals surface area (Å²) < 4.78 is 5.53. The number of benzene rings is 1. The SMILES string of the molecule is CC(O)(C#Cc1ccc(N2CCOCC2)c(Nc2c(Cl)cnc3[nH]ccc23)c1)c1nccs1. The number of H-pyrrole nitrogens is 1. The van der Waals surface area contributed by atoms with Crippen LogP contribution in [0.2, 0.25) is 5.02 Å². The predicted molar refractivity (Wildman–Crippen MR) is 132 cm³/mol. The molecule has 1 fully saturated rings. The molecule has 33 heavy (non-hydrogen) atoms. The third-order valence-corrected chi connectivity index (χ3v) is 6.72. The summed E-state index contributed by atoms with van der Waals surface area (Å²) in [5.74, 6) is 6.06. The maximum atomic E-state index is 10.7. The minimum atomic E-state index is -1.32. The van der Waals surface area contributed by atoms with E-state index in [1.807, 2.05) is 35.8 Å². The molecule has 1 aliphatic heterocycles. The molecule has 3 N–H and O–H groups in total. The molecule has 4 heterocycles. The molecule has 168 valence electrons. The Morgan fingerprint density at radius 3 is 2.91 bits per heavy atom. The van der Waals surface area contributed by atoms with Crippen molar-refractivity contribution in [1.82, 2.24) is 15.0 Å². The van der Waals surface area contributed by atoms with Gasteiger partial charge in [-0.2, -0.15) is 0 Å². The van der Waals surface area contributed by atoms with Gasteiger partial charge in [0.1, 0.15) is 10.7 Å². The van der Waals surface area contributed by atoms with Crippen molar-refractivity contribution in [3.05, 3.63) is 63.8 Å². The van der Waals surface area contributed by atoms with E-state index in [-0.39, 0.29) is 0 Å². The Kier molecular flexibility index (Phi) is 5.96. The Hall–Kier alpha value is -3.09. The van der Waals surface area contributed by atoms with Gasteiger partial charge in [-0.25, -0.2) is 9.97 Å². The number of nitrogens with zero attached hydrogens (tertiary/aromatic N) is 3. The van der Waals surface area contributed by atoms with E-state index >= 15 is 0 Å². The molecule has 1 aromatic carbocycles. The summed E-state index contributed by atoms with van der Waals surface area (Å²) in [5.41, 5.74) is 2.88. The summed E-state index contributed by atoms with van der Waals surface area (Å²) in [7, 11) is 0. The van der Waals surface area contributed by atoms with Gasteiger partial charge in [0.2, 0.25) is 0 Å². The number of rotatable bonds is 4. The van der Waals surface area contributed by atoms with Crippen molar-refractivity contribution in [2.24, 2.45) is 0 Å². The molecule has 0 bridgehead atoms. The number of aliphatic hydroxyl groups is 1. The Morgan fingerprint density at radius 1 is 1.27 bits per heavy atom. The van der Waals surface area contributed by atoms with Crippen LogP contribution in [-0.4, -0.2) is 46.4 Å². The molecule has 7 nitrogen and oxygen atoms in total. The number of halogens is 1. The number of hydrogen-bond donors (Lipinski definition) is 3. The third-order valence-electron chi connectivity index (χ3n) is 5.45. The fraction of sp³-hybridized carbons (Fsp3) is 0.250. The Bertz CT molecular complexity index is 1330. The number of nitrogens with one attached hydrogen (secondary N) is 2. The summed E-state index contributed by atoms with van der Waals surface area (Å²) in [4.78, 5) is 13.9. The van der Waals surface area contributed by atoms with Gasteiger partial charge in [0.25, 0.3) is 0 Å². The van der Waals surface area contributed by atoms with Crippen LogP contribution in [0.3, 0.4) is 0 Å². The van der Waals surface area contributed by atoms with Crippen LogP contribution in [-0.2, 0) is 10.3 Å². The van der Waals surface area contributed by atoms with Crippen LogP contribution in [0.15, 0.2) is 48.2 Å². The molecule has 1 saturated heterocycles. The van der Waals surface area contributed by atoms with Gasteiger partial charge in [0, 0.05) is 41.8 Å². The third kappa shape index (κ3) is 4.54. The summed E-state index contributed by atoms with van der Waals surface area (Å²) >= 11 is 7.90. The molecule has 1 aliphatic rings. The average Bonchev–Trinajstić information content (AvgIpc) is 3.53. The van der Waals surface area contributed by atoms with E-state index in [1.54, 1.807) is 19.3 Å². The van der Waals surface area contributed by atoms with Gasteiger partial charge >= 0.3 is 0 Å². The molecule has 0 aliphatic carbocycles. The van der Waals surface area contributed by atoms with Crippen LogP contribution in [0.4, 0.5) is 17.1 Å². The van der Waals surface area contributed by atoms with Crippen LogP contribution < -0.4 is 10.2 Å². The van der Waals surface area contributed by atoms with Crippen molar-refractivity contribution in [2.75, 3.05) is 36.5 Å². The Labute approximate surface area is 200 Å². The lowest BCUT2D eigenvalue weighted by molar-refractivity contribution is 0.121. The zero-order valence-electron chi connectivity index (χ0n) is 17.9. The van der Waals surface area contributed by atoms with Gasteiger partial charge in [-0.15, -0.1) is 11.3 Å². The molecule has 0 radical (unpaired) electrons. The van der Waals surface area contributed by atoms with Gasteiger partial charge in [0.15, 0.2) is 5.60 Å². The summed E-state index contributed by atoms with van der Waals surface area (Å²) in [5, 5.41) is 18.1. The van der Waals surface area contributed by atoms with Gasteiger partial charge in [-0.1, -0.05) is 23.4 Å². The number of morpholine rings is 1. The lowest BCUT2D eigenvalue weighted by atomic mass is 10.1. The first-order valence-corrected chi connectivity index (χ1v) is 11.8. The van der Waals surface area contributed by atoms with Crippen molar-refractivity contribution in [2.45, 2.75) is 12.5 Å². The van der Waals surface area contributed by atoms with E-state index in [4.69, 9.17) is 16.3 Å². The zero-order valence-corrected chi connectivity index (χ0v) is 19.5. The van der Waals surface area contributed by atoms with Gasteiger partial charge < -0.3 is 25.0 Å². The molecular weight excluding hydrogens is 458 g/mol. The lowest BCUT2D eigenvalue weighted by Crippen LogP contribution is -2.36. The second kappa shape index (κ2) is 9.04. The summed E-state index contributed by atoms with van der Waals surface area (Å²) in [6, 6.07) is 7.92. The number of hydrogen-bond acceptors (Lipinski definition) is 7. The second-order valence-corrected chi connectivity index (χ2v) is 9.14. The van der Waals surface area contributed by atoms with E-state index in [2.05, 4.69) is 37.0 Å². The number of aromatic nitrogens is 3. The fourth-order valence-electron chi connectivity index (χ4n) is 3.75. The van der Waals surface area contributed by atoms with Gasteiger partial charge in [-0.3, -0.25) is 0 Å². The molecule has 5 rings (SSSR count). The highest BCUT2D eigenvalue weighted by Gasteiger charge is 2.23. The monoisotopic (exact) mass is 479 g/mol. The smallest absolute Gasteiger partial charge is 0.174 e. The number of pyridine rings is 1. The maximum Gasteiger partial charge on any atom is 0.174 e. The minimum absolute atomic E-state index is 0.526. The normalized spacial score (nSPS) is 15.7. The van der Waals surface area contributed by atoms with E-state index in [1.165, 1.54) is 11.3 Å².